The molecule has 2 heterocycles. The van der Waals surface area contributed by atoms with E-state index in [1.165, 1.54) is 6.07 Å². The predicted octanol–water partition coefficient (Wildman–Crippen LogP) is 2.99. The summed E-state index contributed by atoms with van der Waals surface area (Å²) in [5.74, 6) is 1.39. The highest BCUT2D eigenvalue weighted by molar-refractivity contribution is 14.0. The van der Waals surface area contributed by atoms with Crippen LogP contribution < -0.4 is 5.32 Å². The lowest BCUT2D eigenvalue weighted by Gasteiger charge is -2.35. The van der Waals surface area contributed by atoms with Crippen molar-refractivity contribution in [3.8, 4) is 0 Å². The van der Waals surface area contributed by atoms with E-state index in [2.05, 4.69) is 20.5 Å². The Balaban J connectivity index is 0.00000300. The first-order valence-corrected chi connectivity index (χ1v) is 9.03. The van der Waals surface area contributed by atoms with E-state index in [9.17, 15) is 13.2 Å². The lowest BCUT2D eigenvalue weighted by Crippen LogP contribution is -2.48. The quantitative estimate of drug-likeness (QED) is 0.379. The van der Waals surface area contributed by atoms with E-state index in [1.54, 1.807) is 17.0 Å². The molecule has 0 amide bonds. The summed E-state index contributed by atoms with van der Waals surface area (Å²) in [6.45, 7) is 4.39. The van der Waals surface area contributed by atoms with Gasteiger partial charge in [0.15, 0.2) is 11.8 Å². The van der Waals surface area contributed by atoms with Gasteiger partial charge < -0.3 is 19.5 Å². The molecule has 0 aliphatic carbocycles. The molecule has 1 aliphatic heterocycles. The van der Waals surface area contributed by atoms with Gasteiger partial charge in [-0.3, -0.25) is 0 Å². The second kappa shape index (κ2) is 10.2. The van der Waals surface area contributed by atoms with E-state index in [-0.39, 0.29) is 24.0 Å². The van der Waals surface area contributed by atoms with E-state index >= 15 is 0 Å². The van der Waals surface area contributed by atoms with Gasteiger partial charge >= 0.3 is 6.18 Å². The maximum Gasteiger partial charge on any atom is 0.416 e. The maximum atomic E-state index is 13.0. The van der Waals surface area contributed by atoms with Gasteiger partial charge in [-0.15, -0.1) is 34.2 Å². The number of ether oxygens (including phenoxy) is 1. The van der Waals surface area contributed by atoms with Gasteiger partial charge in [0, 0.05) is 20.1 Å². The van der Waals surface area contributed by atoms with Crippen LogP contribution in [0.3, 0.4) is 0 Å². The zero-order valence-corrected chi connectivity index (χ0v) is 18.5. The number of morpholine rings is 1. The van der Waals surface area contributed by atoms with E-state index in [1.807, 2.05) is 18.9 Å². The zero-order chi connectivity index (χ0) is 20.1. The minimum absolute atomic E-state index is 0. The van der Waals surface area contributed by atoms with Crippen molar-refractivity contribution in [2.75, 3.05) is 26.2 Å². The molecule has 1 aromatic carbocycles. The van der Waals surface area contributed by atoms with Crippen LogP contribution in [0.4, 0.5) is 13.2 Å². The molecule has 1 N–H and O–H groups in total. The van der Waals surface area contributed by atoms with E-state index in [4.69, 9.17) is 4.74 Å². The smallest absolute Gasteiger partial charge is 0.370 e. The van der Waals surface area contributed by atoms with Crippen molar-refractivity contribution in [3.05, 3.63) is 47.5 Å². The Hall–Kier alpha value is -1.89. The number of halogens is 4. The lowest BCUT2D eigenvalue weighted by atomic mass is 10.0. The number of alkyl halides is 3. The third-order valence-corrected chi connectivity index (χ3v) is 4.46. The van der Waals surface area contributed by atoms with Gasteiger partial charge in [0.2, 0.25) is 0 Å². The number of nitrogens with zero attached hydrogens (tertiary/aromatic N) is 5. The van der Waals surface area contributed by atoms with Crippen LogP contribution in [0, 0.1) is 0 Å². The van der Waals surface area contributed by atoms with Crippen LogP contribution in [0.5, 0.6) is 0 Å². The Morgan fingerprint density at radius 2 is 2.17 bits per heavy atom. The van der Waals surface area contributed by atoms with Crippen LogP contribution in [0.2, 0.25) is 0 Å². The number of aromatic nitrogens is 3. The number of aryl methyl sites for hydroxylation is 1. The van der Waals surface area contributed by atoms with Crippen molar-refractivity contribution in [2.45, 2.75) is 25.7 Å². The first-order valence-electron chi connectivity index (χ1n) is 9.03. The monoisotopic (exact) mass is 524 g/mol. The second-order valence-corrected chi connectivity index (χ2v) is 6.46. The third-order valence-electron chi connectivity index (χ3n) is 4.46. The van der Waals surface area contributed by atoms with Crippen LogP contribution in [-0.4, -0.2) is 51.9 Å². The molecule has 3 rings (SSSR count). The van der Waals surface area contributed by atoms with Gasteiger partial charge in [0.05, 0.1) is 18.7 Å². The van der Waals surface area contributed by atoms with Gasteiger partial charge in [-0.1, -0.05) is 12.1 Å². The molecule has 11 heteroatoms. The fraction of sp³-hybridized carbons (Fsp3) is 0.500. The Morgan fingerprint density at radius 3 is 2.83 bits per heavy atom. The summed E-state index contributed by atoms with van der Waals surface area (Å²) in [5.41, 5.74) is -0.169. The largest absolute Gasteiger partial charge is 0.416 e. The number of rotatable bonds is 4. The van der Waals surface area contributed by atoms with Crippen LogP contribution in [0.25, 0.3) is 0 Å². The Bertz CT molecular complexity index is 826. The standard InChI is InChI=1S/C18H23F3N6O.HI/c1-3-22-17(23-10-16-25-24-12-26(16)2)27-7-8-28-15(11-27)13-5-4-6-14(9-13)18(19,20)21;/h4-6,9,12,15H,3,7-8,10-11H2,1-2H3,(H,22,23);1H. The molecular formula is C18H24F3IN6O. The number of hydrogen-bond donors (Lipinski definition) is 1. The van der Waals surface area contributed by atoms with Gasteiger partial charge in [0.25, 0.3) is 0 Å². The zero-order valence-electron chi connectivity index (χ0n) is 16.2. The number of hydrogen-bond acceptors (Lipinski definition) is 4. The van der Waals surface area contributed by atoms with E-state index < -0.39 is 17.8 Å². The Labute approximate surface area is 184 Å². The summed E-state index contributed by atoms with van der Waals surface area (Å²) in [4.78, 5) is 6.59. The first kappa shape index (κ1) is 23.4. The van der Waals surface area contributed by atoms with Crippen molar-refractivity contribution in [3.63, 3.8) is 0 Å². The summed E-state index contributed by atoms with van der Waals surface area (Å²) in [5, 5.41) is 11.1. The number of guanidine groups is 1. The highest BCUT2D eigenvalue weighted by Gasteiger charge is 2.32. The molecule has 1 aliphatic rings. The van der Waals surface area contributed by atoms with Crippen LogP contribution in [0.1, 0.15) is 30.0 Å². The minimum atomic E-state index is -4.38. The van der Waals surface area contributed by atoms with Crippen LogP contribution in [0.15, 0.2) is 35.6 Å². The molecule has 160 valence electrons. The molecule has 1 atom stereocenters. The first-order chi connectivity index (χ1) is 13.4. The molecule has 0 bridgehead atoms. The minimum Gasteiger partial charge on any atom is -0.370 e. The number of nitrogens with one attached hydrogen (secondary N) is 1. The van der Waals surface area contributed by atoms with Crippen molar-refractivity contribution in [1.82, 2.24) is 25.0 Å². The fourth-order valence-corrected chi connectivity index (χ4v) is 2.98. The molecule has 0 radical (unpaired) electrons. The highest BCUT2D eigenvalue weighted by Crippen LogP contribution is 2.32. The van der Waals surface area contributed by atoms with E-state index in [0.29, 0.717) is 44.3 Å². The van der Waals surface area contributed by atoms with Gasteiger partial charge in [-0.2, -0.15) is 13.2 Å². The summed E-state index contributed by atoms with van der Waals surface area (Å²) < 4.78 is 46.6. The van der Waals surface area contributed by atoms with Crippen LogP contribution >= 0.6 is 24.0 Å². The Kier molecular flexibility index (Phi) is 8.25. The summed E-state index contributed by atoms with van der Waals surface area (Å²) in [6, 6.07) is 5.29. The van der Waals surface area contributed by atoms with E-state index in [0.717, 1.165) is 18.0 Å². The molecule has 1 saturated heterocycles. The SMILES string of the molecule is CCNC(=NCc1nncn1C)N1CCOC(c2cccc(C(F)(F)F)c2)C1.I. The topological polar surface area (TPSA) is 67.6 Å². The lowest BCUT2D eigenvalue weighted by molar-refractivity contribution is -0.137. The molecular weight excluding hydrogens is 500 g/mol. The van der Waals surface area contributed by atoms with Gasteiger partial charge in [-0.25, -0.2) is 4.99 Å². The molecule has 7 nitrogen and oxygen atoms in total. The average Bonchev–Trinajstić information content (AvgIpc) is 3.09. The normalized spacial score (nSPS) is 17.8. The molecule has 1 unspecified atom stereocenters. The van der Waals surface area contributed by atoms with Crippen molar-refractivity contribution >= 4 is 29.9 Å². The third kappa shape index (κ3) is 6.04. The molecule has 0 saturated carbocycles. The number of aliphatic imine (C=N–C) groups is 1. The molecule has 1 fully saturated rings. The molecule has 29 heavy (non-hydrogen) atoms. The molecule has 2 aromatic rings. The van der Waals surface area contributed by atoms with Crippen molar-refractivity contribution < 1.29 is 17.9 Å². The second-order valence-electron chi connectivity index (χ2n) is 6.46. The average molecular weight is 524 g/mol. The number of benzene rings is 1. The molecule has 1 aromatic heterocycles. The fourth-order valence-electron chi connectivity index (χ4n) is 2.98. The summed E-state index contributed by atoms with van der Waals surface area (Å²) in [7, 11) is 1.84. The molecule has 0 spiro atoms. The summed E-state index contributed by atoms with van der Waals surface area (Å²) >= 11 is 0. The predicted molar refractivity (Wildman–Crippen MR) is 113 cm³/mol. The maximum absolute atomic E-state index is 13.0. The van der Waals surface area contributed by atoms with Gasteiger partial charge in [-0.05, 0) is 24.6 Å². The van der Waals surface area contributed by atoms with Gasteiger partial charge in [0.1, 0.15) is 19.0 Å². The highest BCUT2D eigenvalue weighted by atomic mass is 127. The van der Waals surface area contributed by atoms with Crippen molar-refractivity contribution in [2.24, 2.45) is 12.0 Å². The summed E-state index contributed by atoms with van der Waals surface area (Å²) in [6.07, 6.45) is -3.23. The van der Waals surface area contributed by atoms with Crippen molar-refractivity contribution in [1.29, 1.82) is 0 Å². The van der Waals surface area contributed by atoms with Crippen LogP contribution in [-0.2, 0) is 24.5 Å². The Morgan fingerprint density at radius 1 is 1.38 bits per heavy atom.